The Morgan fingerprint density at radius 2 is 1.76 bits per heavy atom. The number of anilines is 1. The Hall–Kier alpha value is -3.42. The van der Waals surface area contributed by atoms with Gasteiger partial charge in [0.1, 0.15) is 0 Å². The minimum Gasteiger partial charge on any atom is -0.493 e. The van der Waals surface area contributed by atoms with Crippen LogP contribution in [0.5, 0.6) is 11.5 Å². The Labute approximate surface area is 167 Å². The highest BCUT2D eigenvalue weighted by atomic mass is 16.5. The van der Waals surface area contributed by atoms with E-state index in [0.29, 0.717) is 46.7 Å². The number of aromatic nitrogens is 3. The van der Waals surface area contributed by atoms with Gasteiger partial charge in [-0.25, -0.2) is 4.98 Å². The van der Waals surface area contributed by atoms with Crippen molar-refractivity contribution in [3.05, 3.63) is 39.8 Å². The molecule has 0 spiro atoms. The lowest BCUT2D eigenvalue weighted by atomic mass is 9.73. The van der Waals surface area contributed by atoms with Crippen LogP contribution in [0.1, 0.15) is 36.3 Å². The number of nitrogens with two attached hydrogens (primary N) is 1. The van der Waals surface area contributed by atoms with E-state index in [1.807, 2.05) is 13.8 Å². The summed E-state index contributed by atoms with van der Waals surface area (Å²) in [6.07, 6.45) is 0.965. The highest BCUT2D eigenvalue weighted by Gasteiger charge is 2.35. The zero-order valence-electron chi connectivity index (χ0n) is 16.8. The number of nitrogens with zero attached hydrogens (tertiary/aromatic N) is 2. The van der Waals surface area contributed by atoms with E-state index in [9.17, 15) is 9.59 Å². The fraction of sp³-hybridized carbons (Fsp3) is 0.333. The number of methoxy groups -OCH3 is 2. The van der Waals surface area contributed by atoms with Crippen LogP contribution in [0.25, 0.3) is 22.2 Å². The van der Waals surface area contributed by atoms with Gasteiger partial charge in [0.2, 0.25) is 5.95 Å². The normalized spacial score (nSPS) is 15.2. The van der Waals surface area contributed by atoms with Crippen LogP contribution in [0.4, 0.5) is 5.95 Å². The summed E-state index contributed by atoms with van der Waals surface area (Å²) in [5.41, 5.74) is 7.53. The quantitative estimate of drug-likeness (QED) is 0.701. The number of hydrogen-bond acceptors (Lipinski definition) is 7. The topological polar surface area (TPSA) is 120 Å². The van der Waals surface area contributed by atoms with E-state index in [1.54, 1.807) is 25.3 Å². The number of carbonyl (C=O) groups is 1. The molecule has 4 rings (SSSR count). The molecule has 0 atom stereocenters. The van der Waals surface area contributed by atoms with Crippen LogP contribution in [0.3, 0.4) is 0 Å². The third kappa shape index (κ3) is 3.10. The number of benzene rings is 1. The molecule has 0 unspecified atom stereocenters. The molecular weight excluding hydrogens is 372 g/mol. The fourth-order valence-electron chi connectivity index (χ4n) is 3.99. The largest absolute Gasteiger partial charge is 0.493 e. The SMILES string of the molecule is COc1ccc(-c2c3c(nc4nc(N)[nH]c(=O)c24)CC(C)(C)CC3=O)cc1OC. The Morgan fingerprint density at radius 1 is 1.03 bits per heavy atom. The number of Topliss-reactive ketones (excluding diaryl/α,β-unsaturated/α-hetero) is 1. The van der Waals surface area contributed by atoms with Gasteiger partial charge in [-0.3, -0.25) is 14.6 Å². The number of hydrogen-bond donors (Lipinski definition) is 2. The summed E-state index contributed by atoms with van der Waals surface area (Å²) in [6.45, 7) is 4.05. The van der Waals surface area contributed by atoms with Gasteiger partial charge in [0.25, 0.3) is 5.56 Å². The van der Waals surface area contributed by atoms with Gasteiger partial charge in [0.05, 0.1) is 25.3 Å². The van der Waals surface area contributed by atoms with E-state index >= 15 is 0 Å². The van der Waals surface area contributed by atoms with Crippen molar-refractivity contribution >= 4 is 22.8 Å². The van der Waals surface area contributed by atoms with Crippen LogP contribution in [0.2, 0.25) is 0 Å². The lowest BCUT2D eigenvalue weighted by Gasteiger charge is -2.31. The number of nitrogen functional groups attached to an aromatic ring is 1. The smallest absolute Gasteiger partial charge is 0.262 e. The summed E-state index contributed by atoms with van der Waals surface area (Å²) in [5, 5.41) is 0.234. The molecule has 1 aliphatic rings. The average molecular weight is 394 g/mol. The molecule has 1 aliphatic carbocycles. The zero-order chi connectivity index (χ0) is 20.9. The number of fused-ring (bicyclic) bond motifs is 2. The van der Waals surface area contributed by atoms with Gasteiger partial charge >= 0.3 is 0 Å². The molecule has 8 nitrogen and oxygen atoms in total. The van der Waals surface area contributed by atoms with Crippen LogP contribution in [-0.2, 0) is 6.42 Å². The Kier molecular flexibility index (Phi) is 4.29. The summed E-state index contributed by atoms with van der Waals surface area (Å²) in [7, 11) is 3.08. The number of carbonyl (C=O) groups excluding carboxylic acids is 1. The number of nitrogens with one attached hydrogen (secondary N) is 1. The predicted octanol–water partition coefficient (Wildman–Crippen LogP) is 2.74. The first kappa shape index (κ1) is 18.9. The van der Waals surface area contributed by atoms with Crippen molar-refractivity contribution in [1.82, 2.24) is 15.0 Å². The second kappa shape index (κ2) is 6.58. The second-order valence-corrected chi connectivity index (χ2v) is 7.97. The molecule has 3 aromatic rings. The highest BCUT2D eigenvalue weighted by molar-refractivity contribution is 6.11. The highest BCUT2D eigenvalue weighted by Crippen LogP contribution is 2.42. The third-order valence-electron chi connectivity index (χ3n) is 5.18. The Balaban J connectivity index is 2.14. The first-order chi connectivity index (χ1) is 13.7. The van der Waals surface area contributed by atoms with E-state index in [1.165, 1.54) is 7.11 Å². The van der Waals surface area contributed by atoms with Crippen LogP contribution < -0.4 is 20.8 Å². The molecule has 2 heterocycles. The maximum atomic E-state index is 13.1. The van der Waals surface area contributed by atoms with Gasteiger partial charge in [-0.2, -0.15) is 4.98 Å². The van der Waals surface area contributed by atoms with Gasteiger partial charge in [-0.15, -0.1) is 0 Å². The first-order valence-electron chi connectivity index (χ1n) is 9.22. The Bertz CT molecular complexity index is 1210. The molecule has 8 heteroatoms. The maximum absolute atomic E-state index is 13.1. The van der Waals surface area contributed by atoms with E-state index < -0.39 is 5.56 Å². The molecule has 0 saturated carbocycles. The van der Waals surface area contributed by atoms with Crippen LogP contribution in [0.15, 0.2) is 23.0 Å². The number of pyridine rings is 1. The molecule has 150 valence electrons. The van der Waals surface area contributed by atoms with E-state index in [-0.39, 0.29) is 28.2 Å². The zero-order valence-corrected chi connectivity index (χ0v) is 16.8. The Morgan fingerprint density at radius 3 is 2.45 bits per heavy atom. The molecule has 1 aromatic carbocycles. The van der Waals surface area contributed by atoms with Crippen LogP contribution in [-0.4, -0.2) is 35.0 Å². The molecule has 0 saturated heterocycles. The molecule has 29 heavy (non-hydrogen) atoms. The lowest BCUT2D eigenvalue weighted by molar-refractivity contribution is 0.0911. The summed E-state index contributed by atoms with van der Waals surface area (Å²) in [6, 6.07) is 5.28. The number of aromatic amines is 1. The van der Waals surface area contributed by atoms with Crippen molar-refractivity contribution in [2.75, 3.05) is 20.0 Å². The van der Waals surface area contributed by atoms with Gasteiger partial charge in [-0.05, 0) is 29.5 Å². The van der Waals surface area contributed by atoms with Crippen LogP contribution in [0, 0.1) is 5.41 Å². The standard InChI is InChI=1S/C21H22N4O4/c1-21(2)8-11-16(12(26)9-21)15(10-5-6-13(28-3)14(7-10)29-4)17-18(23-11)24-20(22)25-19(17)27/h5-7H,8-9H2,1-4H3,(H3,22,23,24,25,27). The number of ketones is 1. The minimum absolute atomic E-state index is 0.0189. The minimum atomic E-state index is -0.440. The van der Waals surface area contributed by atoms with Crippen LogP contribution >= 0.6 is 0 Å². The summed E-state index contributed by atoms with van der Waals surface area (Å²) >= 11 is 0. The molecule has 0 fully saturated rings. The lowest BCUT2D eigenvalue weighted by Crippen LogP contribution is -2.29. The van der Waals surface area contributed by atoms with E-state index in [2.05, 4.69) is 15.0 Å². The summed E-state index contributed by atoms with van der Waals surface area (Å²) in [5.74, 6) is 0.973. The monoisotopic (exact) mass is 394 g/mol. The van der Waals surface area contributed by atoms with Gasteiger partial charge in [0, 0.05) is 17.5 Å². The van der Waals surface area contributed by atoms with Crippen molar-refractivity contribution in [3.63, 3.8) is 0 Å². The van der Waals surface area contributed by atoms with Crippen molar-refractivity contribution < 1.29 is 14.3 Å². The predicted molar refractivity (Wildman–Crippen MR) is 110 cm³/mol. The fourth-order valence-corrected chi connectivity index (χ4v) is 3.99. The number of H-pyrrole nitrogens is 1. The maximum Gasteiger partial charge on any atom is 0.262 e. The average Bonchev–Trinajstić information content (AvgIpc) is 2.64. The molecular formula is C21H22N4O4. The molecule has 3 N–H and O–H groups in total. The molecule has 0 bridgehead atoms. The molecule has 0 aliphatic heterocycles. The molecule has 2 aromatic heterocycles. The van der Waals surface area contributed by atoms with Crippen molar-refractivity contribution in [2.24, 2.45) is 5.41 Å². The van der Waals surface area contributed by atoms with Crippen molar-refractivity contribution in [3.8, 4) is 22.6 Å². The van der Waals surface area contributed by atoms with Gasteiger partial charge in [-0.1, -0.05) is 19.9 Å². The number of ether oxygens (including phenoxy) is 2. The van der Waals surface area contributed by atoms with Crippen molar-refractivity contribution in [2.45, 2.75) is 26.7 Å². The van der Waals surface area contributed by atoms with Crippen molar-refractivity contribution in [1.29, 1.82) is 0 Å². The van der Waals surface area contributed by atoms with E-state index in [0.717, 1.165) is 0 Å². The van der Waals surface area contributed by atoms with E-state index in [4.69, 9.17) is 15.2 Å². The second-order valence-electron chi connectivity index (χ2n) is 7.97. The molecule has 0 amide bonds. The molecule has 0 radical (unpaired) electrons. The first-order valence-corrected chi connectivity index (χ1v) is 9.22. The van der Waals surface area contributed by atoms with Gasteiger partial charge < -0.3 is 15.2 Å². The number of rotatable bonds is 3. The third-order valence-corrected chi connectivity index (χ3v) is 5.18. The summed E-state index contributed by atoms with van der Waals surface area (Å²) < 4.78 is 10.7. The summed E-state index contributed by atoms with van der Waals surface area (Å²) in [4.78, 5) is 37.2. The van der Waals surface area contributed by atoms with Gasteiger partial charge in [0.15, 0.2) is 22.9 Å².